The molecule has 11 heteroatoms. The molecule has 0 fully saturated rings. The number of nitrogens with one attached hydrogen (secondary N) is 1. The molecule has 1 aromatic carbocycles. The van der Waals surface area contributed by atoms with E-state index in [2.05, 4.69) is 21.6 Å². The van der Waals surface area contributed by atoms with Gasteiger partial charge in [-0.1, -0.05) is 36.9 Å². The fourth-order valence-corrected chi connectivity index (χ4v) is 6.28. The average molecular weight is 483 g/mol. The maximum absolute atomic E-state index is 14.4. The van der Waals surface area contributed by atoms with Crippen molar-refractivity contribution in [3.8, 4) is 6.07 Å². The summed E-state index contributed by atoms with van der Waals surface area (Å²) >= 11 is 2.68. The van der Waals surface area contributed by atoms with Crippen LogP contribution in [0.3, 0.4) is 0 Å². The van der Waals surface area contributed by atoms with Gasteiger partial charge in [-0.15, -0.1) is 10.2 Å². The number of allylic oxidation sites excluding steroid dienone is 1. The van der Waals surface area contributed by atoms with E-state index in [0.717, 1.165) is 0 Å². The smallest absolute Gasteiger partial charge is 0.245 e. The number of carbonyl (C=O) groups excluding carboxylic acids is 2. The van der Waals surface area contributed by atoms with Gasteiger partial charge in [0.25, 0.3) is 0 Å². The van der Waals surface area contributed by atoms with Crippen molar-refractivity contribution >= 4 is 45.6 Å². The molecule has 0 bridgehead atoms. The van der Waals surface area contributed by atoms with Crippen molar-refractivity contribution in [2.24, 2.45) is 11.1 Å². The van der Waals surface area contributed by atoms with Crippen molar-refractivity contribution in [3.63, 3.8) is 0 Å². The van der Waals surface area contributed by atoms with Crippen molar-refractivity contribution in [2.45, 2.75) is 36.4 Å². The van der Waals surface area contributed by atoms with Gasteiger partial charge in [0.1, 0.15) is 23.1 Å². The normalized spacial score (nSPS) is 23.5. The van der Waals surface area contributed by atoms with Crippen LogP contribution in [-0.2, 0) is 15.0 Å². The summed E-state index contributed by atoms with van der Waals surface area (Å²) in [6.07, 6.45) is 2.44. The predicted octanol–water partition coefficient (Wildman–Crippen LogP) is 3.45. The molecule has 0 saturated carbocycles. The van der Waals surface area contributed by atoms with Crippen molar-refractivity contribution in [3.05, 3.63) is 52.2 Å². The molecular weight excluding hydrogens is 463 g/mol. The molecule has 3 heterocycles. The van der Waals surface area contributed by atoms with Crippen molar-refractivity contribution in [1.82, 2.24) is 10.2 Å². The van der Waals surface area contributed by atoms with E-state index in [0.29, 0.717) is 27.3 Å². The van der Waals surface area contributed by atoms with Crippen LogP contribution in [0.5, 0.6) is 0 Å². The molecule has 1 amide bonds. The first kappa shape index (κ1) is 21.6. The minimum Gasteiger partial charge on any atom is -0.384 e. The lowest BCUT2D eigenvalue weighted by Gasteiger charge is -2.45. The highest BCUT2D eigenvalue weighted by Gasteiger charge is 2.61. The Kier molecular flexibility index (Phi) is 4.67. The Bertz CT molecular complexity index is 1350. The molecule has 0 unspecified atom stereocenters. The number of benzene rings is 1. The number of Topliss-reactive ketones (excluding diaryl/α,β-unsaturated/α-hetero) is 1. The number of ketones is 1. The molecule has 1 aliphatic carbocycles. The first-order chi connectivity index (χ1) is 15.6. The number of carbonyl (C=O) groups is 2. The van der Waals surface area contributed by atoms with Crippen LogP contribution in [0.2, 0.25) is 0 Å². The summed E-state index contributed by atoms with van der Waals surface area (Å²) in [5.74, 6) is -1.47. The third-order valence-corrected chi connectivity index (χ3v) is 8.10. The minimum atomic E-state index is -1.82. The summed E-state index contributed by atoms with van der Waals surface area (Å²) < 4.78 is 15.1. The Balaban J connectivity index is 1.89. The quantitative estimate of drug-likeness (QED) is 0.624. The molecule has 0 radical (unpaired) electrons. The maximum Gasteiger partial charge on any atom is 0.245 e. The highest BCUT2D eigenvalue weighted by molar-refractivity contribution is 8.00. The number of hydrogen-bond acceptors (Lipinski definition) is 9. The van der Waals surface area contributed by atoms with E-state index in [9.17, 15) is 19.2 Å². The number of rotatable bonds is 2. The van der Waals surface area contributed by atoms with Crippen molar-refractivity contribution < 1.29 is 14.0 Å². The van der Waals surface area contributed by atoms with E-state index >= 15 is 0 Å². The van der Waals surface area contributed by atoms with Gasteiger partial charge in [-0.2, -0.15) is 5.26 Å². The molecule has 3 aliphatic rings. The van der Waals surface area contributed by atoms with E-state index in [1.807, 2.05) is 20.1 Å². The molecule has 2 aliphatic heterocycles. The molecular formula is C22H19FN6O2S2. The number of nitrogens with two attached hydrogens (primary N) is 1. The second kappa shape index (κ2) is 7.13. The van der Waals surface area contributed by atoms with Gasteiger partial charge in [0.2, 0.25) is 11.0 Å². The Morgan fingerprint density at radius 3 is 2.73 bits per heavy atom. The first-order valence-corrected chi connectivity index (χ1v) is 12.1. The van der Waals surface area contributed by atoms with Crippen LogP contribution in [0.25, 0.3) is 0 Å². The van der Waals surface area contributed by atoms with Gasteiger partial charge < -0.3 is 11.1 Å². The average Bonchev–Trinajstić information content (AvgIpc) is 3.31. The summed E-state index contributed by atoms with van der Waals surface area (Å²) in [6.45, 7) is 3.91. The van der Waals surface area contributed by atoms with Crippen LogP contribution in [0.15, 0.2) is 45.2 Å². The third kappa shape index (κ3) is 2.87. The van der Waals surface area contributed by atoms with Gasteiger partial charge >= 0.3 is 0 Å². The number of hydrogen-bond donors (Lipinski definition) is 2. The zero-order valence-corrected chi connectivity index (χ0v) is 19.7. The lowest BCUT2D eigenvalue weighted by atomic mass is 9.61. The number of anilines is 2. The van der Waals surface area contributed by atoms with Crippen LogP contribution in [-0.4, -0.2) is 28.1 Å². The summed E-state index contributed by atoms with van der Waals surface area (Å²) in [5, 5.41) is 21.7. The molecule has 0 saturated heterocycles. The molecule has 1 spiro atoms. The minimum absolute atomic E-state index is 0.0159. The molecule has 2 aromatic rings. The Morgan fingerprint density at radius 2 is 2.06 bits per heavy atom. The fourth-order valence-electron chi connectivity index (χ4n) is 4.98. The standard InChI is InChI=1S/C22H19FN6O2S2/c1-21(2)7-14-16(15(30)8-21)22(11-6-10(23)4-5-13(11)26-18(22)31)12(9-24)17(25)29(14)19-27-28-20(32-3)33-19/h4-6H,7-8,25H2,1-3H3,(H,26,31)/t22-/m0/s1. The number of fused-ring (bicyclic) bond motifs is 3. The highest BCUT2D eigenvalue weighted by atomic mass is 32.2. The fraction of sp³-hybridized carbons (Fsp3) is 0.318. The van der Waals surface area contributed by atoms with E-state index in [1.54, 1.807) is 4.90 Å². The van der Waals surface area contributed by atoms with Crippen LogP contribution in [0.4, 0.5) is 15.2 Å². The largest absolute Gasteiger partial charge is 0.384 e. The zero-order chi connectivity index (χ0) is 23.7. The van der Waals surface area contributed by atoms with Gasteiger partial charge in [0.05, 0.1) is 5.57 Å². The SMILES string of the molecule is CSc1nnc(N2C(N)=C(C#N)[C@]3(C(=O)Nc4ccc(F)cc43)C3=C2CC(C)(C)CC3=O)s1. The third-order valence-electron chi connectivity index (χ3n) is 6.22. The second-order valence-corrected chi connectivity index (χ2v) is 10.9. The van der Waals surface area contributed by atoms with Crippen LogP contribution in [0.1, 0.15) is 32.3 Å². The molecule has 3 N–H and O–H groups in total. The first-order valence-electron chi connectivity index (χ1n) is 10.1. The Morgan fingerprint density at radius 1 is 1.30 bits per heavy atom. The van der Waals surface area contributed by atoms with Crippen LogP contribution >= 0.6 is 23.1 Å². The summed E-state index contributed by atoms with van der Waals surface area (Å²) in [7, 11) is 0. The van der Waals surface area contributed by atoms with Gasteiger partial charge in [0, 0.05) is 28.9 Å². The Labute approximate surface area is 197 Å². The molecule has 33 heavy (non-hydrogen) atoms. The number of aromatic nitrogens is 2. The van der Waals surface area contributed by atoms with E-state index in [4.69, 9.17) is 5.73 Å². The van der Waals surface area contributed by atoms with Crippen LogP contribution < -0.4 is 16.0 Å². The topological polar surface area (TPSA) is 125 Å². The van der Waals surface area contributed by atoms with E-state index in [-0.39, 0.29) is 34.7 Å². The summed E-state index contributed by atoms with van der Waals surface area (Å²) in [5.41, 5.74) is 5.40. The summed E-state index contributed by atoms with van der Waals surface area (Å²) in [6, 6.07) is 5.92. The van der Waals surface area contributed by atoms with Gasteiger partial charge in [-0.3, -0.25) is 14.5 Å². The zero-order valence-electron chi connectivity index (χ0n) is 18.0. The van der Waals surface area contributed by atoms with Gasteiger partial charge in [-0.25, -0.2) is 4.39 Å². The molecule has 5 rings (SSSR count). The van der Waals surface area contributed by atoms with Crippen molar-refractivity contribution in [1.29, 1.82) is 5.26 Å². The number of amides is 1. The maximum atomic E-state index is 14.4. The number of nitriles is 1. The lowest BCUT2D eigenvalue weighted by molar-refractivity contribution is -0.123. The lowest BCUT2D eigenvalue weighted by Crippen LogP contribution is -2.52. The highest BCUT2D eigenvalue weighted by Crippen LogP contribution is 2.57. The molecule has 1 atom stereocenters. The summed E-state index contributed by atoms with van der Waals surface area (Å²) in [4.78, 5) is 28.8. The monoisotopic (exact) mass is 482 g/mol. The van der Waals surface area contributed by atoms with Crippen LogP contribution in [0, 0.1) is 22.6 Å². The van der Waals surface area contributed by atoms with E-state index in [1.165, 1.54) is 41.3 Å². The van der Waals surface area contributed by atoms with Crippen molar-refractivity contribution in [2.75, 3.05) is 16.5 Å². The number of thioether (sulfide) groups is 1. The predicted molar refractivity (Wildman–Crippen MR) is 123 cm³/mol. The number of halogens is 1. The number of nitrogens with zero attached hydrogens (tertiary/aromatic N) is 4. The van der Waals surface area contributed by atoms with Gasteiger partial charge in [0.15, 0.2) is 10.1 Å². The van der Waals surface area contributed by atoms with Gasteiger partial charge in [-0.05, 0) is 36.3 Å². The Hall–Kier alpha value is -3.23. The molecule has 8 nitrogen and oxygen atoms in total. The second-order valence-electron chi connectivity index (χ2n) is 8.92. The molecule has 168 valence electrons. The van der Waals surface area contributed by atoms with E-state index < -0.39 is 22.6 Å². The molecule has 1 aromatic heterocycles.